The van der Waals surface area contributed by atoms with Crippen molar-refractivity contribution in [3.8, 4) is 0 Å². The topological polar surface area (TPSA) is 148 Å². The van der Waals surface area contributed by atoms with E-state index in [9.17, 15) is 19.8 Å². The molecule has 0 aromatic rings. The fourth-order valence-electron chi connectivity index (χ4n) is 1.95. The predicted octanol–water partition coefficient (Wildman–Crippen LogP) is -2.85. The number of Topliss-reactive ketones (excluding diaryl/α,β-unsaturated/α-hetero) is 1. The van der Waals surface area contributed by atoms with Gasteiger partial charge in [-0.25, -0.2) is 0 Å². The number of nitrogens with one attached hydrogen (secondary N) is 2. The Balaban J connectivity index is 3.87. The molecule has 0 fully saturated rings. The maximum Gasteiger partial charge on any atom is 0.322 e. The van der Waals surface area contributed by atoms with Crippen LogP contribution < -0.4 is 10.6 Å². The number of hydrogen-bond donors (Lipinski definition) is 6. The summed E-state index contributed by atoms with van der Waals surface area (Å²) >= 11 is 0. The molecule has 0 saturated carbocycles. The molecule has 0 aliphatic heterocycles. The summed E-state index contributed by atoms with van der Waals surface area (Å²) in [5.41, 5.74) is 0. The Labute approximate surface area is 135 Å². The van der Waals surface area contributed by atoms with E-state index in [0.717, 1.165) is 6.42 Å². The lowest BCUT2D eigenvalue weighted by molar-refractivity contribution is -0.143. The second-order valence-corrected chi connectivity index (χ2v) is 5.19. The van der Waals surface area contributed by atoms with Crippen LogP contribution in [0, 0.1) is 0 Å². The predicted molar refractivity (Wildman–Crippen MR) is 81.7 cm³/mol. The fraction of sp³-hybridized carbons (Fsp3) is 0.857. The van der Waals surface area contributed by atoms with Gasteiger partial charge in [-0.2, -0.15) is 0 Å². The number of aliphatic hydroxyl groups is 4. The van der Waals surface area contributed by atoms with Gasteiger partial charge in [-0.05, 0) is 26.4 Å². The van der Waals surface area contributed by atoms with Gasteiger partial charge in [-0.1, -0.05) is 6.42 Å². The van der Waals surface area contributed by atoms with Crippen LogP contribution in [-0.2, 0) is 14.3 Å². The lowest BCUT2D eigenvalue weighted by atomic mass is 10.0. The SMILES string of the molecule is CNC(CCCCNCC(=O)C(O)C(O)C(O)CO)C(=O)OC. The first-order valence-electron chi connectivity index (χ1n) is 7.52. The molecule has 0 aliphatic carbocycles. The van der Waals surface area contributed by atoms with Crippen LogP contribution in [0.25, 0.3) is 0 Å². The molecule has 0 aliphatic rings. The number of likely N-dealkylation sites (N-methyl/N-ethyl adjacent to an activating group) is 1. The summed E-state index contributed by atoms with van der Waals surface area (Å²) in [7, 11) is 3.00. The van der Waals surface area contributed by atoms with Crippen molar-refractivity contribution in [3.05, 3.63) is 0 Å². The van der Waals surface area contributed by atoms with Gasteiger partial charge in [-0.15, -0.1) is 0 Å². The summed E-state index contributed by atoms with van der Waals surface area (Å²) in [5, 5.41) is 42.4. The number of methoxy groups -OCH3 is 1. The van der Waals surface area contributed by atoms with Crippen LogP contribution in [0.15, 0.2) is 0 Å². The van der Waals surface area contributed by atoms with E-state index in [2.05, 4.69) is 15.4 Å². The number of unbranched alkanes of at least 4 members (excludes halogenated alkanes) is 1. The molecule has 136 valence electrons. The zero-order valence-electron chi connectivity index (χ0n) is 13.6. The lowest BCUT2D eigenvalue weighted by Gasteiger charge is -2.20. The third kappa shape index (κ3) is 8.35. The van der Waals surface area contributed by atoms with Crippen molar-refractivity contribution in [2.75, 3.05) is 33.9 Å². The van der Waals surface area contributed by atoms with E-state index < -0.39 is 30.7 Å². The molecule has 0 aromatic carbocycles. The van der Waals surface area contributed by atoms with Crippen LogP contribution in [0.4, 0.5) is 0 Å². The van der Waals surface area contributed by atoms with Gasteiger partial charge in [0.25, 0.3) is 0 Å². The quantitative estimate of drug-likeness (QED) is 0.154. The Hall–Kier alpha value is -1.10. The van der Waals surface area contributed by atoms with E-state index in [4.69, 9.17) is 10.2 Å². The smallest absolute Gasteiger partial charge is 0.322 e. The average Bonchev–Trinajstić information content (AvgIpc) is 2.58. The normalized spacial score (nSPS) is 16.4. The fourth-order valence-corrected chi connectivity index (χ4v) is 1.95. The highest BCUT2D eigenvalue weighted by atomic mass is 16.5. The maximum absolute atomic E-state index is 11.6. The Kier molecular flexibility index (Phi) is 11.7. The minimum Gasteiger partial charge on any atom is -0.468 e. The molecule has 0 spiro atoms. The molecule has 6 N–H and O–H groups in total. The van der Waals surface area contributed by atoms with Crippen LogP contribution in [-0.4, -0.2) is 90.4 Å². The number of hydrogen-bond acceptors (Lipinski definition) is 9. The first-order chi connectivity index (χ1) is 10.9. The van der Waals surface area contributed by atoms with Gasteiger partial charge in [0.15, 0.2) is 5.78 Å². The standard InChI is InChI=1S/C14H28N2O7/c1-15-9(14(22)23-2)5-3-4-6-16-7-10(18)12(20)13(21)11(19)8-17/h9,11-13,15-17,19-21H,3-8H2,1-2H3. The molecule has 0 bridgehead atoms. The molecule has 0 heterocycles. The van der Waals surface area contributed by atoms with Gasteiger partial charge in [0.1, 0.15) is 24.4 Å². The van der Waals surface area contributed by atoms with E-state index in [1.807, 2.05) is 0 Å². The molecule has 23 heavy (non-hydrogen) atoms. The molecule has 0 saturated heterocycles. The van der Waals surface area contributed by atoms with E-state index in [0.29, 0.717) is 19.4 Å². The first kappa shape index (κ1) is 21.9. The van der Waals surface area contributed by atoms with Crippen LogP contribution in [0.3, 0.4) is 0 Å². The van der Waals surface area contributed by atoms with Gasteiger partial charge >= 0.3 is 5.97 Å². The van der Waals surface area contributed by atoms with Crippen LogP contribution in [0.1, 0.15) is 19.3 Å². The van der Waals surface area contributed by atoms with Crippen molar-refractivity contribution < 1.29 is 34.8 Å². The van der Waals surface area contributed by atoms with E-state index in [1.54, 1.807) is 7.05 Å². The Bertz CT molecular complexity index is 354. The summed E-state index contributed by atoms with van der Waals surface area (Å²) in [5.74, 6) is -0.997. The van der Waals surface area contributed by atoms with Gasteiger partial charge in [0, 0.05) is 0 Å². The molecule has 0 radical (unpaired) electrons. The summed E-state index contributed by atoms with van der Waals surface area (Å²) in [6, 6.07) is -0.362. The average molecular weight is 336 g/mol. The van der Waals surface area contributed by atoms with Crippen LogP contribution in [0.2, 0.25) is 0 Å². The molecule has 9 nitrogen and oxygen atoms in total. The second kappa shape index (κ2) is 12.3. The number of ketones is 1. The number of aliphatic hydroxyl groups excluding tert-OH is 4. The first-order valence-corrected chi connectivity index (χ1v) is 7.52. The zero-order valence-corrected chi connectivity index (χ0v) is 13.6. The number of rotatable bonds is 13. The number of carbonyl (C=O) groups excluding carboxylic acids is 2. The molecular weight excluding hydrogens is 308 g/mol. The molecule has 9 heteroatoms. The summed E-state index contributed by atoms with van der Waals surface area (Å²) < 4.78 is 4.64. The van der Waals surface area contributed by atoms with Gasteiger partial charge < -0.3 is 35.8 Å². The third-order valence-corrected chi connectivity index (χ3v) is 3.46. The molecule has 0 aromatic heterocycles. The second-order valence-electron chi connectivity index (χ2n) is 5.19. The molecular formula is C14H28N2O7. The number of carbonyl (C=O) groups is 2. The van der Waals surface area contributed by atoms with Gasteiger partial charge in [0.05, 0.1) is 20.3 Å². The monoisotopic (exact) mass is 336 g/mol. The van der Waals surface area contributed by atoms with E-state index in [-0.39, 0.29) is 18.6 Å². The summed E-state index contributed by atoms with van der Waals surface area (Å²) in [6.45, 7) is -0.413. The van der Waals surface area contributed by atoms with Crippen molar-refractivity contribution in [3.63, 3.8) is 0 Å². The van der Waals surface area contributed by atoms with Crippen molar-refractivity contribution >= 4 is 11.8 Å². The van der Waals surface area contributed by atoms with Crippen molar-refractivity contribution in [2.45, 2.75) is 43.6 Å². The van der Waals surface area contributed by atoms with Crippen LogP contribution in [0.5, 0.6) is 0 Å². The highest BCUT2D eigenvalue weighted by molar-refractivity contribution is 5.85. The Morgan fingerprint density at radius 1 is 1.17 bits per heavy atom. The van der Waals surface area contributed by atoms with E-state index >= 15 is 0 Å². The molecule has 4 atom stereocenters. The molecule has 0 rings (SSSR count). The maximum atomic E-state index is 11.6. The van der Waals surface area contributed by atoms with Crippen LogP contribution >= 0.6 is 0 Å². The minimum absolute atomic E-state index is 0.164. The highest BCUT2D eigenvalue weighted by Gasteiger charge is 2.29. The highest BCUT2D eigenvalue weighted by Crippen LogP contribution is 2.03. The largest absolute Gasteiger partial charge is 0.468 e. The molecule has 0 amide bonds. The van der Waals surface area contributed by atoms with E-state index in [1.165, 1.54) is 7.11 Å². The number of ether oxygens (including phenoxy) is 1. The van der Waals surface area contributed by atoms with Crippen molar-refractivity contribution in [1.29, 1.82) is 0 Å². The molecule has 4 unspecified atom stereocenters. The zero-order chi connectivity index (χ0) is 17.8. The number of esters is 1. The Morgan fingerprint density at radius 3 is 2.35 bits per heavy atom. The lowest BCUT2D eigenvalue weighted by Crippen LogP contribution is -2.46. The third-order valence-electron chi connectivity index (χ3n) is 3.46. The summed E-state index contributed by atoms with van der Waals surface area (Å²) in [4.78, 5) is 22.9. The van der Waals surface area contributed by atoms with Gasteiger partial charge in [0.2, 0.25) is 0 Å². The van der Waals surface area contributed by atoms with Crippen molar-refractivity contribution in [1.82, 2.24) is 10.6 Å². The Morgan fingerprint density at radius 2 is 1.83 bits per heavy atom. The minimum atomic E-state index is -1.75. The van der Waals surface area contributed by atoms with Crippen molar-refractivity contribution in [2.24, 2.45) is 0 Å². The van der Waals surface area contributed by atoms with Gasteiger partial charge in [-0.3, -0.25) is 9.59 Å². The summed E-state index contributed by atoms with van der Waals surface area (Å²) in [6.07, 6.45) is -2.99.